The fourth-order valence-corrected chi connectivity index (χ4v) is 7.88. The van der Waals surface area contributed by atoms with Gasteiger partial charge in [0.1, 0.15) is 11.3 Å². The number of nitrogens with zero attached hydrogens (tertiary/aromatic N) is 1. The lowest BCUT2D eigenvalue weighted by Gasteiger charge is -2.26. The van der Waals surface area contributed by atoms with Gasteiger partial charge < -0.3 is 9.32 Å². The van der Waals surface area contributed by atoms with E-state index in [1.807, 2.05) is 18.2 Å². The van der Waals surface area contributed by atoms with Crippen LogP contribution in [0.15, 0.2) is 229 Å². The smallest absolute Gasteiger partial charge is 0.136 e. The summed E-state index contributed by atoms with van der Waals surface area (Å²) in [5.41, 5.74) is 14.7. The van der Waals surface area contributed by atoms with Gasteiger partial charge in [-0.2, -0.15) is 0 Å². The topological polar surface area (TPSA) is 16.4 Å². The summed E-state index contributed by atoms with van der Waals surface area (Å²) in [5, 5.41) is 3.60. The van der Waals surface area contributed by atoms with Crippen LogP contribution in [0.1, 0.15) is 0 Å². The van der Waals surface area contributed by atoms with Crippen LogP contribution in [-0.4, -0.2) is 0 Å². The van der Waals surface area contributed by atoms with Gasteiger partial charge in [-0.15, -0.1) is 0 Å². The highest BCUT2D eigenvalue weighted by atomic mass is 16.3. The highest BCUT2D eigenvalue weighted by Gasteiger charge is 2.16. The zero-order valence-electron chi connectivity index (χ0n) is 30.7. The van der Waals surface area contributed by atoms with Gasteiger partial charge in [0.2, 0.25) is 0 Å². The highest BCUT2D eigenvalue weighted by Crippen LogP contribution is 2.40. The fourth-order valence-electron chi connectivity index (χ4n) is 7.88. The summed E-state index contributed by atoms with van der Waals surface area (Å²) in [6, 6.07) is 80.0. The molecule has 2 nitrogen and oxygen atoms in total. The molecule has 0 aliphatic heterocycles. The number of hydrogen-bond acceptors (Lipinski definition) is 2. The Morgan fingerprint density at radius 2 is 0.750 bits per heavy atom. The van der Waals surface area contributed by atoms with Crippen molar-refractivity contribution in [3.8, 4) is 55.8 Å². The van der Waals surface area contributed by atoms with Crippen LogP contribution in [-0.2, 0) is 0 Å². The van der Waals surface area contributed by atoms with E-state index < -0.39 is 0 Å². The molecule has 0 saturated heterocycles. The van der Waals surface area contributed by atoms with Crippen LogP contribution in [0.4, 0.5) is 17.1 Å². The minimum absolute atomic E-state index is 0.869. The summed E-state index contributed by atoms with van der Waals surface area (Å²) in [6.07, 6.45) is 0. The fraction of sp³-hybridized carbons (Fsp3) is 0. The first kappa shape index (κ1) is 33.2. The summed E-state index contributed by atoms with van der Waals surface area (Å²) in [6.45, 7) is 0. The van der Waals surface area contributed by atoms with E-state index in [0.717, 1.165) is 50.5 Å². The van der Waals surface area contributed by atoms with E-state index in [-0.39, 0.29) is 0 Å². The molecule has 0 radical (unpaired) electrons. The molecule has 264 valence electrons. The largest absolute Gasteiger partial charge is 0.456 e. The summed E-state index contributed by atoms with van der Waals surface area (Å²) in [5.74, 6) is 0.869. The highest BCUT2D eigenvalue weighted by molar-refractivity contribution is 5.97. The first-order valence-corrected chi connectivity index (χ1v) is 19.1. The van der Waals surface area contributed by atoms with Crippen molar-refractivity contribution in [3.05, 3.63) is 224 Å². The van der Waals surface area contributed by atoms with E-state index in [9.17, 15) is 0 Å². The van der Waals surface area contributed by atoms with Crippen molar-refractivity contribution in [1.82, 2.24) is 0 Å². The van der Waals surface area contributed by atoms with E-state index in [4.69, 9.17) is 4.42 Å². The molecule has 0 bridgehead atoms. The molecule has 10 aromatic rings. The van der Waals surface area contributed by atoms with Crippen LogP contribution in [0.25, 0.3) is 77.6 Å². The molecule has 1 heterocycles. The third-order valence-corrected chi connectivity index (χ3v) is 10.7. The molecule has 0 spiro atoms. The first-order valence-electron chi connectivity index (χ1n) is 19.1. The first-order chi connectivity index (χ1) is 27.7. The van der Waals surface area contributed by atoms with Crippen molar-refractivity contribution in [2.24, 2.45) is 0 Å². The van der Waals surface area contributed by atoms with E-state index in [1.54, 1.807) is 0 Å². The van der Waals surface area contributed by atoms with Crippen molar-refractivity contribution in [2.45, 2.75) is 0 Å². The maximum Gasteiger partial charge on any atom is 0.136 e. The second kappa shape index (κ2) is 14.4. The Morgan fingerprint density at radius 1 is 0.286 bits per heavy atom. The second-order valence-electron chi connectivity index (χ2n) is 14.1. The van der Waals surface area contributed by atoms with E-state index in [1.165, 1.54) is 44.2 Å². The standard InChI is InChI=1S/C54H37NO/c1-2-12-38(13-3-1)43-17-10-18-44(36-43)39-24-30-46(31-25-39)55(47-32-26-41(27-33-47)50-22-11-16-40-14-4-6-19-49(40)50)48-34-28-42(29-35-48)51-20-7-8-21-52(51)54-37-45-15-5-9-23-53(45)56-54/h1-37H. The molecule has 1 aromatic heterocycles. The Labute approximate surface area is 327 Å². The predicted molar refractivity (Wildman–Crippen MR) is 236 cm³/mol. The van der Waals surface area contributed by atoms with E-state index >= 15 is 0 Å². The second-order valence-corrected chi connectivity index (χ2v) is 14.1. The van der Waals surface area contributed by atoms with Gasteiger partial charge in [0.15, 0.2) is 0 Å². The van der Waals surface area contributed by atoms with Crippen molar-refractivity contribution >= 4 is 38.8 Å². The summed E-state index contributed by atoms with van der Waals surface area (Å²) in [7, 11) is 0. The Balaban J connectivity index is 1.03. The van der Waals surface area contributed by atoms with Crippen LogP contribution in [0.5, 0.6) is 0 Å². The molecular weight excluding hydrogens is 679 g/mol. The third kappa shape index (κ3) is 6.34. The lowest BCUT2D eigenvalue weighted by Crippen LogP contribution is -2.09. The summed E-state index contributed by atoms with van der Waals surface area (Å²) in [4.78, 5) is 2.34. The van der Waals surface area contributed by atoms with Crippen LogP contribution in [0.2, 0.25) is 0 Å². The quantitative estimate of drug-likeness (QED) is 0.156. The van der Waals surface area contributed by atoms with Gasteiger partial charge in [-0.25, -0.2) is 0 Å². The number of furan rings is 1. The van der Waals surface area contributed by atoms with Crippen molar-refractivity contribution in [1.29, 1.82) is 0 Å². The number of benzene rings is 9. The maximum absolute atomic E-state index is 6.32. The zero-order chi connectivity index (χ0) is 37.3. The molecule has 56 heavy (non-hydrogen) atoms. The average Bonchev–Trinajstić information content (AvgIpc) is 3.72. The molecule has 0 unspecified atom stereocenters. The predicted octanol–water partition coefficient (Wildman–Crippen LogP) is 15.4. The van der Waals surface area contributed by atoms with Gasteiger partial charge in [0.25, 0.3) is 0 Å². The van der Waals surface area contributed by atoms with E-state index in [0.29, 0.717) is 0 Å². The minimum atomic E-state index is 0.869. The maximum atomic E-state index is 6.32. The number of anilines is 3. The number of para-hydroxylation sites is 1. The van der Waals surface area contributed by atoms with Gasteiger partial charge >= 0.3 is 0 Å². The van der Waals surface area contributed by atoms with Crippen LogP contribution >= 0.6 is 0 Å². The van der Waals surface area contributed by atoms with Crippen LogP contribution < -0.4 is 4.90 Å². The Morgan fingerprint density at radius 3 is 1.43 bits per heavy atom. The average molecular weight is 716 g/mol. The molecule has 0 fully saturated rings. The number of rotatable bonds is 8. The van der Waals surface area contributed by atoms with Gasteiger partial charge in [0.05, 0.1) is 0 Å². The lowest BCUT2D eigenvalue weighted by atomic mass is 9.97. The minimum Gasteiger partial charge on any atom is -0.456 e. The molecule has 0 saturated carbocycles. The number of fused-ring (bicyclic) bond motifs is 2. The van der Waals surface area contributed by atoms with Gasteiger partial charge in [-0.3, -0.25) is 0 Å². The molecule has 0 amide bonds. The molecule has 2 heteroatoms. The lowest BCUT2D eigenvalue weighted by molar-refractivity contribution is 0.632. The van der Waals surface area contributed by atoms with Crippen LogP contribution in [0.3, 0.4) is 0 Å². The monoisotopic (exact) mass is 715 g/mol. The van der Waals surface area contributed by atoms with Crippen molar-refractivity contribution in [2.75, 3.05) is 4.90 Å². The molecule has 0 aliphatic rings. The molecular formula is C54H37NO. The Bertz CT molecular complexity index is 2900. The Kier molecular flexibility index (Phi) is 8.55. The molecule has 10 rings (SSSR count). The summed E-state index contributed by atoms with van der Waals surface area (Å²) < 4.78 is 6.32. The van der Waals surface area contributed by atoms with Crippen molar-refractivity contribution in [3.63, 3.8) is 0 Å². The zero-order valence-corrected chi connectivity index (χ0v) is 30.7. The molecule has 0 aliphatic carbocycles. The third-order valence-electron chi connectivity index (χ3n) is 10.7. The van der Waals surface area contributed by atoms with Gasteiger partial charge in [0, 0.05) is 28.0 Å². The SMILES string of the molecule is c1ccc(-c2cccc(-c3ccc(N(c4ccc(-c5ccccc5-c5cc6ccccc6o5)cc4)c4ccc(-c5cccc6ccccc56)cc4)cc3)c2)cc1. The van der Waals surface area contributed by atoms with Crippen LogP contribution in [0, 0.1) is 0 Å². The molecule has 9 aromatic carbocycles. The summed E-state index contributed by atoms with van der Waals surface area (Å²) >= 11 is 0. The van der Waals surface area contributed by atoms with E-state index in [2.05, 4.69) is 211 Å². The molecule has 0 N–H and O–H groups in total. The molecule has 0 atom stereocenters. The van der Waals surface area contributed by atoms with Gasteiger partial charge in [-0.05, 0) is 110 Å². The van der Waals surface area contributed by atoms with Crippen molar-refractivity contribution < 1.29 is 4.42 Å². The van der Waals surface area contributed by atoms with Gasteiger partial charge in [-0.1, -0.05) is 170 Å². The normalized spacial score (nSPS) is 11.2. The Hall–Kier alpha value is -7.42. The number of hydrogen-bond donors (Lipinski definition) is 0.